The van der Waals surface area contributed by atoms with Gasteiger partial charge in [-0.25, -0.2) is 9.78 Å². The van der Waals surface area contributed by atoms with E-state index in [0.717, 1.165) is 22.3 Å². The predicted octanol–water partition coefficient (Wildman–Crippen LogP) is 5.47. The van der Waals surface area contributed by atoms with E-state index in [2.05, 4.69) is 41.0 Å². The van der Waals surface area contributed by atoms with Gasteiger partial charge in [0.1, 0.15) is 11.6 Å². The average molecular weight is 530 g/mol. The van der Waals surface area contributed by atoms with Gasteiger partial charge in [0.2, 0.25) is 6.41 Å². The van der Waals surface area contributed by atoms with E-state index < -0.39 is 17.6 Å². The van der Waals surface area contributed by atoms with Gasteiger partial charge in [0, 0.05) is 19.2 Å². The molecule has 40 heavy (non-hydrogen) atoms. The number of carbonyl (C=O) groups excluding carboxylic acids is 2. The number of methoxy groups -OCH3 is 1. The summed E-state index contributed by atoms with van der Waals surface area (Å²) in [5, 5.41) is 0. The van der Waals surface area contributed by atoms with E-state index in [1.165, 1.54) is 12.0 Å². The summed E-state index contributed by atoms with van der Waals surface area (Å²) in [4.78, 5) is 31.3. The summed E-state index contributed by atoms with van der Waals surface area (Å²) in [5.74, 6) is -0.488. The lowest BCUT2D eigenvalue weighted by atomic mass is 9.77. The Kier molecular flexibility index (Phi) is 8.16. The maximum Gasteiger partial charge on any atom is 0.328 e. The second-order valence-corrected chi connectivity index (χ2v) is 9.59. The first-order valence-corrected chi connectivity index (χ1v) is 13.2. The zero-order valence-corrected chi connectivity index (χ0v) is 22.3. The molecule has 0 fully saturated rings. The lowest BCUT2D eigenvalue weighted by Crippen LogP contribution is -2.42. The van der Waals surface area contributed by atoms with E-state index in [1.54, 1.807) is 6.33 Å². The summed E-state index contributed by atoms with van der Waals surface area (Å²) >= 11 is 0. The SMILES string of the molecule is COC(=O)[C@H](Cc1cn(C(c2ccccc2)(c2ccccc2)c2ccccc2)cn1)N(C=O)Cc1ccccc1. The van der Waals surface area contributed by atoms with Gasteiger partial charge in [-0.1, -0.05) is 121 Å². The fourth-order valence-corrected chi connectivity index (χ4v) is 5.32. The topological polar surface area (TPSA) is 64.4 Å². The van der Waals surface area contributed by atoms with Crippen LogP contribution in [0.2, 0.25) is 0 Å². The van der Waals surface area contributed by atoms with Crippen LogP contribution in [0.4, 0.5) is 0 Å². The van der Waals surface area contributed by atoms with Gasteiger partial charge in [0.15, 0.2) is 0 Å². The van der Waals surface area contributed by atoms with Crippen molar-refractivity contribution in [1.82, 2.24) is 14.5 Å². The molecule has 1 amide bonds. The van der Waals surface area contributed by atoms with Crippen LogP contribution in [0, 0.1) is 0 Å². The maximum atomic E-state index is 12.9. The Bertz CT molecular complexity index is 1420. The third-order valence-electron chi connectivity index (χ3n) is 7.22. The van der Waals surface area contributed by atoms with Gasteiger partial charge in [0.25, 0.3) is 0 Å². The fourth-order valence-electron chi connectivity index (χ4n) is 5.32. The first kappa shape index (κ1) is 26.6. The number of hydrogen-bond acceptors (Lipinski definition) is 4. The summed E-state index contributed by atoms with van der Waals surface area (Å²) in [7, 11) is 1.34. The van der Waals surface area contributed by atoms with Gasteiger partial charge in [0.05, 0.1) is 19.1 Å². The molecule has 0 bridgehead atoms. The van der Waals surface area contributed by atoms with Crippen molar-refractivity contribution in [3.63, 3.8) is 0 Å². The summed E-state index contributed by atoms with van der Waals surface area (Å²) in [6.45, 7) is 0.285. The van der Waals surface area contributed by atoms with Crippen LogP contribution in [0.25, 0.3) is 0 Å². The number of aromatic nitrogens is 2. The van der Waals surface area contributed by atoms with E-state index >= 15 is 0 Å². The molecule has 4 aromatic carbocycles. The van der Waals surface area contributed by atoms with E-state index in [9.17, 15) is 9.59 Å². The van der Waals surface area contributed by atoms with E-state index in [0.29, 0.717) is 12.1 Å². The second kappa shape index (κ2) is 12.3. The van der Waals surface area contributed by atoms with Crippen molar-refractivity contribution >= 4 is 12.4 Å². The van der Waals surface area contributed by atoms with Crippen molar-refractivity contribution in [2.24, 2.45) is 0 Å². The Balaban J connectivity index is 1.59. The molecule has 0 aliphatic heterocycles. The molecule has 1 atom stereocenters. The molecule has 0 radical (unpaired) electrons. The van der Waals surface area contributed by atoms with Crippen molar-refractivity contribution in [1.29, 1.82) is 0 Å². The molecule has 200 valence electrons. The second-order valence-electron chi connectivity index (χ2n) is 9.59. The third-order valence-corrected chi connectivity index (χ3v) is 7.22. The number of nitrogens with zero attached hydrogens (tertiary/aromatic N) is 3. The zero-order valence-electron chi connectivity index (χ0n) is 22.3. The molecule has 0 N–H and O–H groups in total. The monoisotopic (exact) mass is 529 g/mol. The number of amides is 1. The number of imidazole rings is 1. The molecule has 0 aliphatic rings. The zero-order chi connectivity index (χ0) is 27.8. The normalized spacial score (nSPS) is 11.9. The molecule has 0 saturated heterocycles. The first-order chi connectivity index (χ1) is 19.7. The standard InChI is InChI=1S/C34H31N3O3/c1-40-33(39)32(36(26-38)23-27-14-6-2-7-15-27)22-31-24-37(25-35-31)34(28-16-8-3-9-17-28,29-18-10-4-11-19-29)30-20-12-5-13-21-30/h2-21,24-26,32H,22-23H2,1H3/t32-/m0/s1. The number of ether oxygens (including phenoxy) is 1. The summed E-state index contributed by atoms with van der Waals surface area (Å²) in [6, 6.07) is 39.7. The van der Waals surface area contributed by atoms with Gasteiger partial charge in [-0.05, 0) is 22.3 Å². The van der Waals surface area contributed by atoms with Gasteiger partial charge >= 0.3 is 5.97 Å². The minimum absolute atomic E-state index is 0.208. The summed E-state index contributed by atoms with van der Waals surface area (Å²) in [6.07, 6.45) is 4.68. The molecule has 0 unspecified atom stereocenters. The summed E-state index contributed by atoms with van der Waals surface area (Å²) < 4.78 is 7.21. The molecule has 0 spiro atoms. The highest BCUT2D eigenvalue weighted by molar-refractivity contribution is 5.78. The van der Waals surface area contributed by atoms with Crippen LogP contribution >= 0.6 is 0 Å². The molecular weight excluding hydrogens is 498 g/mol. The lowest BCUT2D eigenvalue weighted by molar-refractivity contribution is -0.150. The molecule has 0 saturated carbocycles. The Hall–Kier alpha value is -4.97. The number of carbonyl (C=O) groups is 2. The molecular formula is C34H31N3O3. The van der Waals surface area contributed by atoms with Crippen LogP contribution in [0.3, 0.4) is 0 Å². The van der Waals surface area contributed by atoms with Crippen LogP contribution in [0.15, 0.2) is 134 Å². The molecule has 5 aromatic rings. The Morgan fingerprint density at radius 3 is 1.75 bits per heavy atom. The Morgan fingerprint density at radius 1 is 0.825 bits per heavy atom. The lowest BCUT2D eigenvalue weighted by Gasteiger charge is -2.37. The molecule has 1 heterocycles. The van der Waals surface area contributed by atoms with E-state index in [4.69, 9.17) is 9.72 Å². The van der Waals surface area contributed by atoms with Crippen molar-refractivity contribution < 1.29 is 14.3 Å². The van der Waals surface area contributed by atoms with Gasteiger partial charge in [-0.2, -0.15) is 0 Å². The van der Waals surface area contributed by atoms with E-state index in [1.807, 2.05) is 91.1 Å². The number of esters is 1. The smallest absolute Gasteiger partial charge is 0.328 e. The summed E-state index contributed by atoms with van der Waals surface area (Å²) in [5.41, 5.74) is 4.08. The Labute approximate surface area is 234 Å². The van der Waals surface area contributed by atoms with Crippen molar-refractivity contribution in [2.45, 2.75) is 24.5 Å². The van der Waals surface area contributed by atoms with Crippen LogP contribution in [0.1, 0.15) is 27.9 Å². The van der Waals surface area contributed by atoms with Crippen LogP contribution in [-0.4, -0.2) is 40.0 Å². The highest BCUT2D eigenvalue weighted by Gasteiger charge is 2.38. The quantitative estimate of drug-likeness (QED) is 0.129. The van der Waals surface area contributed by atoms with E-state index in [-0.39, 0.29) is 13.0 Å². The molecule has 5 rings (SSSR count). The number of rotatable bonds is 11. The maximum absolute atomic E-state index is 12.9. The highest BCUT2D eigenvalue weighted by atomic mass is 16.5. The van der Waals surface area contributed by atoms with Crippen LogP contribution < -0.4 is 0 Å². The molecule has 6 nitrogen and oxygen atoms in total. The average Bonchev–Trinajstić information content (AvgIpc) is 3.50. The van der Waals surface area contributed by atoms with Crippen molar-refractivity contribution in [2.75, 3.05) is 7.11 Å². The van der Waals surface area contributed by atoms with Gasteiger partial charge < -0.3 is 14.2 Å². The highest BCUT2D eigenvalue weighted by Crippen LogP contribution is 2.40. The van der Waals surface area contributed by atoms with Crippen LogP contribution in [0.5, 0.6) is 0 Å². The van der Waals surface area contributed by atoms with Crippen molar-refractivity contribution in [3.05, 3.63) is 162 Å². The van der Waals surface area contributed by atoms with Crippen LogP contribution in [-0.2, 0) is 32.8 Å². The molecule has 1 aromatic heterocycles. The molecule has 0 aliphatic carbocycles. The molecule has 6 heteroatoms. The number of benzene rings is 4. The van der Waals surface area contributed by atoms with Gasteiger partial charge in [-0.15, -0.1) is 0 Å². The fraction of sp³-hybridized carbons (Fsp3) is 0.147. The van der Waals surface area contributed by atoms with Crippen molar-refractivity contribution in [3.8, 4) is 0 Å². The predicted molar refractivity (Wildman–Crippen MR) is 154 cm³/mol. The minimum atomic E-state index is -0.828. The minimum Gasteiger partial charge on any atom is -0.467 e. The van der Waals surface area contributed by atoms with Gasteiger partial charge in [-0.3, -0.25) is 4.79 Å². The Morgan fingerprint density at radius 2 is 1.30 bits per heavy atom. The third kappa shape index (κ3) is 5.29. The number of hydrogen-bond donors (Lipinski definition) is 0. The largest absolute Gasteiger partial charge is 0.467 e. The first-order valence-electron chi connectivity index (χ1n) is 13.2.